The van der Waals surface area contributed by atoms with Crippen molar-refractivity contribution in [3.8, 4) is 33.6 Å². The minimum Gasteiger partial charge on any atom is -0.444 e. The number of H-pyrrole nitrogens is 2. The molecule has 3 unspecified atom stereocenters. The lowest BCUT2D eigenvalue weighted by Crippen LogP contribution is -2.40. The number of aromatic nitrogens is 4. The Morgan fingerprint density at radius 2 is 1.56 bits per heavy atom. The zero-order valence-corrected chi connectivity index (χ0v) is 30.2. The first-order valence-electron chi connectivity index (χ1n) is 18.2. The molecular weight excluding hydrogens is 628 g/mol. The Bertz CT molecular complexity index is 1860. The number of amides is 2. The average Bonchev–Trinajstić information content (AvgIpc) is 3.85. The van der Waals surface area contributed by atoms with Gasteiger partial charge in [-0.1, -0.05) is 48.9 Å². The highest BCUT2D eigenvalue weighted by Gasteiger charge is 2.36. The van der Waals surface area contributed by atoms with Gasteiger partial charge in [-0.25, -0.2) is 19.6 Å². The van der Waals surface area contributed by atoms with Gasteiger partial charge < -0.3 is 24.8 Å². The molecule has 2 aromatic heterocycles. The number of hydrogen-bond donors (Lipinski definition) is 3. The summed E-state index contributed by atoms with van der Waals surface area (Å²) in [6, 6.07) is 15.2. The number of aryl methyl sites for hydroxylation is 2. The molecule has 1 aliphatic heterocycles. The van der Waals surface area contributed by atoms with Crippen LogP contribution in [0.15, 0.2) is 48.7 Å². The van der Waals surface area contributed by atoms with Crippen LogP contribution >= 0.6 is 0 Å². The molecule has 4 aromatic rings. The first kappa shape index (κ1) is 33.9. The third kappa shape index (κ3) is 7.30. The van der Waals surface area contributed by atoms with E-state index in [4.69, 9.17) is 19.4 Å². The molecule has 7 rings (SSSR count). The summed E-state index contributed by atoms with van der Waals surface area (Å²) in [4.78, 5) is 44.3. The molecule has 264 valence electrons. The van der Waals surface area contributed by atoms with Crippen LogP contribution in [0.4, 0.5) is 9.59 Å². The third-order valence-electron chi connectivity index (χ3n) is 9.92. The van der Waals surface area contributed by atoms with Gasteiger partial charge in [-0.3, -0.25) is 4.90 Å². The lowest BCUT2D eigenvalue weighted by Gasteiger charge is -2.27. The molecule has 2 fully saturated rings. The minimum atomic E-state index is -0.535. The molecule has 0 bridgehead atoms. The fourth-order valence-electron chi connectivity index (χ4n) is 7.68. The smallest absolute Gasteiger partial charge is 0.410 e. The van der Waals surface area contributed by atoms with Crippen LogP contribution in [0.3, 0.4) is 0 Å². The number of aromatic amines is 2. The van der Waals surface area contributed by atoms with E-state index >= 15 is 0 Å². The number of imidazole rings is 2. The number of likely N-dealkylation sites (tertiary alicyclic amines) is 1. The highest BCUT2D eigenvalue weighted by molar-refractivity contribution is 5.75. The number of nitrogens with zero attached hydrogens (tertiary/aromatic N) is 3. The molecule has 1 saturated carbocycles. The number of carbonyl (C=O) groups excluding carboxylic acids is 2. The largest absolute Gasteiger partial charge is 0.444 e. The van der Waals surface area contributed by atoms with Crippen LogP contribution in [-0.4, -0.2) is 60.8 Å². The lowest BCUT2D eigenvalue weighted by molar-refractivity contribution is 0.0218. The summed E-state index contributed by atoms with van der Waals surface area (Å²) in [5.74, 6) is 1.89. The molecule has 10 nitrogen and oxygen atoms in total. The van der Waals surface area contributed by atoms with Crippen LogP contribution in [0, 0.1) is 0 Å². The molecule has 10 heteroatoms. The van der Waals surface area contributed by atoms with E-state index in [1.807, 2.05) is 52.6 Å². The Morgan fingerprint density at radius 1 is 0.820 bits per heavy atom. The molecule has 0 radical (unpaired) electrons. The summed E-state index contributed by atoms with van der Waals surface area (Å²) < 4.78 is 11.2. The second kappa shape index (κ2) is 13.3. The predicted octanol–water partition coefficient (Wildman–Crippen LogP) is 8.86. The SMILES string of the molecule is CC(C)(C)OC(=O)NC1CCCC1c1ncc(-c2ccc(-c3ccc4c(c3)CCCc3[nH]c(C5CCCN5C(=O)OC(C)(C)C)nc3-4)cc2)[nH]1. The summed E-state index contributed by atoms with van der Waals surface area (Å²) in [7, 11) is 0. The summed E-state index contributed by atoms with van der Waals surface area (Å²) in [6.07, 6.45) is 8.90. The zero-order valence-electron chi connectivity index (χ0n) is 30.2. The topological polar surface area (TPSA) is 125 Å². The van der Waals surface area contributed by atoms with E-state index in [1.165, 1.54) is 16.7 Å². The number of carbonyl (C=O) groups is 2. The molecule has 0 spiro atoms. The Labute approximate surface area is 294 Å². The van der Waals surface area contributed by atoms with E-state index < -0.39 is 11.2 Å². The number of rotatable bonds is 5. The van der Waals surface area contributed by atoms with Gasteiger partial charge in [0.15, 0.2) is 0 Å². The second-order valence-electron chi connectivity index (χ2n) is 16.1. The molecule has 3 aliphatic rings. The van der Waals surface area contributed by atoms with E-state index in [0.29, 0.717) is 6.54 Å². The third-order valence-corrected chi connectivity index (χ3v) is 9.92. The van der Waals surface area contributed by atoms with Crippen LogP contribution in [0.5, 0.6) is 0 Å². The molecule has 3 N–H and O–H groups in total. The Kier molecular flexibility index (Phi) is 8.99. The van der Waals surface area contributed by atoms with Gasteiger partial charge in [-0.05, 0) is 109 Å². The van der Waals surface area contributed by atoms with Crippen molar-refractivity contribution < 1.29 is 19.1 Å². The molecule has 2 aromatic carbocycles. The number of ether oxygens (including phenoxy) is 2. The van der Waals surface area contributed by atoms with Crippen LogP contribution in [-0.2, 0) is 22.3 Å². The Balaban J connectivity index is 1.06. The van der Waals surface area contributed by atoms with Crippen LogP contribution in [0.25, 0.3) is 33.6 Å². The van der Waals surface area contributed by atoms with E-state index in [9.17, 15) is 9.59 Å². The van der Waals surface area contributed by atoms with Gasteiger partial charge in [-0.2, -0.15) is 0 Å². The van der Waals surface area contributed by atoms with Crippen molar-refractivity contribution >= 4 is 12.2 Å². The maximum atomic E-state index is 13.0. The van der Waals surface area contributed by atoms with E-state index in [2.05, 4.69) is 57.7 Å². The van der Waals surface area contributed by atoms with Crippen LogP contribution < -0.4 is 5.32 Å². The van der Waals surface area contributed by atoms with Gasteiger partial charge in [0.05, 0.1) is 23.6 Å². The average molecular weight is 679 g/mol. The molecular formula is C40H50N6O4. The lowest BCUT2D eigenvalue weighted by atomic mass is 9.95. The summed E-state index contributed by atoms with van der Waals surface area (Å²) in [5.41, 5.74) is 7.91. The van der Waals surface area contributed by atoms with Crippen molar-refractivity contribution in [2.75, 3.05) is 6.54 Å². The van der Waals surface area contributed by atoms with Crippen molar-refractivity contribution in [1.82, 2.24) is 30.2 Å². The molecule has 50 heavy (non-hydrogen) atoms. The summed E-state index contributed by atoms with van der Waals surface area (Å²) >= 11 is 0. The highest BCUT2D eigenvalue weighted by Crippen LogP contribution is 2.39. The first-order chi connectivity index (χ1) is 23.8. The van der Waals surface area contributed by atoms with Gasteiger partial charge >= 0.3 is 12.2 Å². The van der Waals surface area contributed by atoms with Gasteiger partial charge in [0.25, 0.3) is 0 Å². The van der Waals surface area contributed by atoms with Crippen molar-refractivity contribution in [2.24, 2.45) is 0 Å². The zero-order chi connectivity index (χ0) is 35.2. The second-order valence-corrected chi connectivity index (χ2v) is 16.1. The minimum absolute atomic E-state index is 0.00166. The monoisotopic (exact) mass is 678 g/mol. The Hall–Kier alpha value is -4.60. The summed E-state index contributed by atoms with van der Waals surface area (Å²) in [5, 5.41) is 3.07. The van der Waals surface area contributed by atoms with Gasteiger partial charge in [0, 0.05) is 29.8 Å². The maximum absolute atomic E-state index is 13.0. The highest BCUT2D eigenvalue weighted by atomic mass is 16.6. The first-order valence-corrected chi connectivity index (χ1v) is 18.2. The van der Waals surface area contributed by atoms with Crippen molar-refractivity contribution in [3.63, 3.8) is 0 Å². The standard InChI is InChI=1S/C40H50N6O4/c1-39(2,3)49-37(47)44-30-12-8-11-29(30)35-41-23-32(43-35)25-17-15-24(16-18-25)26-19-20-28-27(22-26)10-7-13-31-34(28)45-36(42-31)33-14-9-21-46(33)38(48)50-40(4,5)6/h15-20,22-23,29-30,33H,7-14,21H2,1-6H3,(H,41,43)(H,42,45)(H,44,47). The Morgan fingerprint density at radius 3 is 2.32 bits per heavy atom. The van der Waals surface area contributed by atoms with Gasteiger partial charge in [-0.15, -0.1) is 0 Å². The number of benzene rings is 2. The molecule has 3 atom stereocenters. The molecule has 2 aliphatic carbocycles. The van der Waals surface area contributed by atoms with Crippen molar-refractivity contribution in [1.29, 1.82) is 0 Å². The van der Waals surface area contributed by atoms with Crippen LogP contribution in [0.1, 0.15) is 115 Å². The maximum Gasteiger partial charge on any atom is 0.410 e. The van der Waals surface area contributed by atoms with Crippen molar-refractivity contribution in [3.05, 3.63) is 71.6 Å². The molecule has 2 amide bonds. The fourth-order valence-corrected chi connectivity index (χ4v) is 7.68. The van der Waals surface area contributed by atoms with Gasteiger partial charge in [0.2, 0.25) is 0 Å². The number of nitrogens with one attached hydrogen (secondary N) is 3. The van der Waals surface area contributed by atoms with E-state index in [-0.39, 0.29) is 30.2 Å². The number of alkyl carbamates (subject to hydrolysis) is 1. The fraction of sp³-hybridized carbons (Fsp3) is 0.500. The van der Waals surface area contributed by atoms with Gasteiger partial charge in [0.1, 0.15) is 22.9 Å². The predicted molar refractivity (Wildman–Crippen MR) is 194 cm³/mol. The van der Waals surface area contributed by atoms with Crippen LogP contribution in [0.2, 0.25) is 0 Å². The van der Waals surface area contributed by atoms with E-state index in [0.717, 1.165) is 91.2 Å². The molecule has 1 saturated heterocycles. The molecule has 3 heterocycles. The summed E-state index contributed by atoms with van der Waals surface area (Å²) in [6.45, 7) is 12.0. The van der Waals surface area contributed by atoms with Crippen molar-refractivity contribution in [2.45, 2.75) is 122 Å². The number of hydrogen-bond acceptors (Lipinski definition) is 6. The normalized spacial score (nSPS) is 20.6. The number of fused-ring (bicyclic) bond motifs is 3. The quantitative estimate of drug-likeness (QED) is 0.194. The van der Waals surface area contributed by atoms with E-state index in [1.54, 1.807) is 0 Å².